The zero-order chi connectivity index (χ0) is 16.3. The molecule has 2 aliphatic rings. The topological polar surface area (TPSA) is 0 Å². The summed E-state index contributed by atoms with van der Waals surface area (Å²) in [4.78, 5) is 0. The molecule has 0 bridgehead atoms. The fraction of sp³-hybridized carbons (Fsp3) is 0.238. The Kier molecular flexibility index (Phi) is 5.82. The van der Waals surface area contributed by atoms with Crippen LogP contribution in [0.5, 0.6) is 0 Å². The minimum atomic E-state index is -3.08. The number of hydrogen-bond donors (Lipinski definition) is 0. The molecule has 0 heterocycles. The van der Waals surface area contributed by atoms with Crippen LogP contribution in [0.1, 0.15) is 36.4 Å². The average Bonchev–Trinajstić information content (AvgIpc) is 3.07. The summed E-state index contributed by atoms with van der Waals surface area (Å²) in [5.41, 5.74) is 7.60. The summed E-state index contributed by atoms with van der Waals surface area (Å²) in [5.74, 6) is 0. The molecule has 132 valence electrons. The Bertz CT molecular complexity index is 936. The SMILES string of the molecule is CC1=Cc2ccccc2[CH]1[Zr]([CH3])([CH3])(=[SiH2])[CH]1C=Cc2ccccc21.Cl.Cl. The fourth-order valence-corrected chi connectivity index (χ4v) is 23.2. The van der Waals surface area contributed by atoms with E-state index in [1.165, 1.54) is 11.1 Å². The molecule has 0 N–H and O–H groups in total. The smallest absolute Gasteiger partial charge is 0.147 e. The number of allylic oxidation sites excluding steroid dienone is 2. The van der Waals surface area contributed by atoms with Crippen LogP contribution in [0.4, 0.5) is 0 Å². The first-order valence-electron chi connectivity index (χ1n) is 8.48. The van der Waals surface area contributed by atoms with E-state index in [1.807, 2.05) is 0 Å². The van der Waals surface area contributed by atoms with Crippen molar-refractivity contribution < 1.29 is 17.4 Å². The third kappa shape index (κ3) is 3.21. The van der Waals surface area contributed by atoms with E-state index in [-0.39, 0.29) is 24.8 Å². The van der Waals surface area contributed by atoms with Crippen molar-refractivity contribution in [3.05, 3.63) is 82.4 Å². The van der Waals surface area contributed by atoms with E-state index in [0.717, 1.165) is 0 Å². The Labute approximate surface area is 166 Å². The first-order valence-corrected chi connectivity index (χ1v) is 22.2. The van der Waals surface area contributed by atoms with Crippen LogP contribution in [0.3, 0.4) is 0 Å². The molecule has 0 aromatic heterocycles. The molecule has 2 unspecified atom stereocenters. The van der Waals surface area contributed by atoms with Gasteiger partial charge in [-0.25, -0.2) is 0 Å². The van der Waals surface area contributed by atoms with Crippen molar-refractivity contribution in [2.24, 2.45) is 0 Å². The second-order valence-electron chi connectivity index (χ2n) is 8.35. The molecule has 0 fully saturated rings. The summed E-state index contributed by atoms with van der Waals surface area (Å²) in [6.45, 7) is 4.74. The van der Waals surface area contributed by atoms with Gasteiger partial charge in [0.15, 0.2) is 0 Å². The van der Waals surface area contributed by atoms with E-state index >= 15 is 0 Å². The van der Waals surface area contributed by atoms with Gasteiger partial charge in [0, 0.05) is 0 Å². The van der Waals surface area contributed by atoms with Crippen molar-refractivity contribution in [2.75, 3.05) is 0 Å². The van der Waals surface area contributed by atoms with E-state index in [9.17, 15) is 0 Å². The third-order valence-corrected chi connectivity index (χ3v) is 23.7. The maximum absolute atomic E-state index is 3.08. The quantitative estimate of drug-likeness (QED) is 0.468. The molecular formula is C21H26Cl2SiZr. The number of halogens is 2. The molecule has 4 heteroatoms. The number of hydrogen-bond acceptors (Lipinski definition) is 0. The molecule has 25 heavy (non-hydrogen) atoms. The molecule has 0 aliphatic heterocycles. The Morgan fingerprint density at radius 1 is 0.840 bits per heavy atom. The van der Waals surface area contributed by atoms with E-state index in [4.69, 9.17) is 0 Å². The Morgan fingerprint density at radius 2 is 1.40 bits per heavy atom. The molecule has 0 amide bonds. The van der Waals surface area contributed by atoms with Crippen molar-refractivity contribution in [2.45, 2.75) is 23.4 Å². The standard InChI is InChI=1S/C10H9.C9H7.2CH3.2ClH.H2Si.Zr/c1-8-6-9-4-2-3-5-10(9)7-8;1-2-5-9-7-3-6-8(9)4-1;;;;;;/h2-7H,1H3;1-7H;2*1H3;2*1H;1H2;. The van der Waals surface area contributed by atoms with Crippen LogP contribution in [0.2, 0.25) is 9.26 Å². The van der Waals surface area contributed by atoms with Gasteiger partial charge in [-0.3, -0.25) is 0 Å². The number of fused-ring (bicyclic) bond motifs is 2. The molecule has 2 aliphatic carbocycles. The molecule has 2 atom stereocenters. The zero-order valence-corrected chi connectivity index (χ0v) is 20.5. The van der Waals surface area contributed by atoms with E-state index in [2.05, 4.69) is 89.8 Å². The first kappa shape index (κ1) is 20.9. The molecule has 0 radical (unpaired) electrons. The third-order valence-electron chi connectivity index (χ3n) is 5.91. The molecule has 0 saturated heterocycles. The van der Waals surface area contributed by atoms with Gasteiger partial charge in [-0.05, 0) is 0 Å². The predicted octanol–water partition coefficient (Wildman–Crippen LogP) is 6.09. The van der Waals surface area contributed by atoms with Crippen molar-refractivity contribution in [1.82, 2.24) is 0 Å². The molecule has 4 rings (SSSR count). The van der Waals surface area contributed by atoms with Crippen LogP contribution in [0, 0.1) is 0 Å². The van der Waals surface area contributed by atoms with Crippen molar-refractivity contribution in [3.63, 3.8) is 0 Å². The summed E-state index contributed by atoms with van der Waals surface area (Å²) in [6.07, 6.45) is 7.30. The first-order chi connectivity index (χ1) is 10.9. The maximum atomic E-state index is 2.67. The molecule has 0 spiro atoms. The van der Waals surface area contributed by atoms with Gasteiger partial charge in [0.05, 0.1) is 0 Å². The second kappa shape index (κ2) is 6.97. The Hall–Kier alpha value is -0.400. The number of benzene rings is 2. The van der Waals surface area contributed by atoms with Crippen LogP contribution in [-0.4, -0.2) is 6.88 Å². The molecule has 2 aromatic rings. The van der Waals surface area contributed by atoms with Crippen LogP contribution in [0.25, 0.3) is 12.2 Å². The van der Waals surface area contributed by atoms with Gasteiger partial charge >= 0.3 is 142 Å². The minimum absolute atomic E-state index is 0. The number of rotatable bonds is 2. The zero-order valence-electron chi connectivity index (χ0n) is 15.0. The summed E-state index contributed by atoms with van der Waals surface area (Å²) in [5, 5.41) is 0. The Balaban J connectivity index is 0.00000113. The van der Waals surface area contributed by atoms with Gasteiger partial charge in [0.2, 0.25) is 0 Å². The van der Waals surface area contributed by atoms with Crippen LogP contribution in [-0.2, 0) is 17.4 Å². The van der Waals surface area contributed by atoms with E-state index in [1.54, 1.807) is 16.7 Å². The Morgan fingerprint density at radius 3 is 2.08 bits per heavy atom. The van der Waals surface area contributed by atoms with E-state index in [0.29, 0.717) is 7.25 Å². The average molecular weight is 469 g/mol. The maximum Gasteiger partial charge on any atom is -0.147 e. The molecule has 2 aromatic carbocycles. The van der Waals surface area contributed by atoms with Gasteiger partial charge in [0.1, 0.15) is 0 Å². The summed E-state index contributed by atoms with van der Waals surface area (Å²) in [7, 11) is 0. The summed E-state index contributed by atoms with van der Waals surface area (Å²) >= 11 is -3.08. The van der Waals surface area contributed by atoms with Crippen molar-refractivity contribution in [1.29, 1.82) is 0 Å². The predicted molar refractivity (Wildman–Crippen MR) is 116 cm³/mol. The van der Waals surface area contributed by atoms with Gasteiger partial charge in [-0.1, -0.05) is 0 Å². The van der Waals surface area contributed by atoms with Gasteiger partial charge in [-0.15, -0.1) is 24.8 Å². The largest absolute Gasteiger partial charge is 0.147 e. The monoisotopic (exact) mass is 466 g/mol. The normalized spacial score (nSPS) is 20.9. The van der Waals surface area contributed by atoms with Crippen LogP contribution < -0.4 is 0 Å². The minimum Gasteiger partial charge on any atom is -0.147 e. The summed E-state index contributed by atoms with van der Waals surface area (Å²) < 4.78 is 6.64. The fourth-order valence-electron chi connectivity index (χ4n) is 4.99. The van der Waals surface area contributed by atoms with E-state index < -0.39 is 17.4 Å². The van der Waals surface area contributed by atoms with Gasteiger partial charge in [-0.2, -0.15) is 0 Å². The van der Waals surface area contributed by atoms with Crippen molar-refractivity contribution >= 4 is 43.8 Å². The van der Waals surface area contributed by atoms with Crippen LogP contribution >= 0.6 is 24.8 Å². The molecular weight excluding hydrogens is 442 g/mol. The molecule has 0 nitrogen and oxygen atoms in total. The van der Waals surface area contributed by atoms with Gasteiger partial charge in [0.25, 0.3) is 0 Å². The summed E-state index contributed by atoms with van der Waals surface area (Å²) in [6, 6.07) is 18.0. The van der Waals surface area contributed by atoms with Crippen molar-refractivity contribution in [3.8, 4) is 0 Å². The van der Waals surface area contributed by atoms with Crippen LogP contribution in [0.15, 0.2) is 60.2 Å². The molecule has 0 saturated carbocycles. The van der Waals surface area contributed by atoms with Gasteiger partial charge < -0.3 is 0 Å². The second-order valence-corrected chi connectivity index (χ2v) is 38.9.